The quantitative estimate of drug-likeness (QED) is 0.655. The summed E-state index contributed by atoms with van der Waals surface area (Å²) in [6.07, 6.45) is 4.27. The number of hydrogen-bond acceptors (Lipinski definition) is 3. The number of nitrogens with zero attached hydrogens (tertiary/aromatic N) is 2. The lowest BCUT2D eigenvalue weighted by Gasteiger charge is -2.23. The van der Waals surface area contributed by atoms with E-state index in [2.05, 4.69) is 61.4 Å². The number of para-hydroxylation sites is 1. The van der Waals surface area contributed by atoms with E-state index in [1.807, 2.05) is 29.2 Å². The van der Waals surface area contributed by atoms with Crippen molar-refractivity contribution in [2.24, 2.45) is 0 Å². The van der Waals surface area contributed by atoms with Gasteiger partial charge in [0, 0.05) is 23.6 Å². The van der Waals surface area contributed by atoms with E-state index >= 15 is 0 Å². The standard InChI is InChI=1S/C24H25N3O/c1-16(2)18-8-10-21(11-9-18)26-22-13-20(14-25-15-22)24(28)27-17(3)12-19-6-4-5-7-23(19)27/h4-11,13-17,26H,12H2,1-3H3. The zero-order valence-electron chi connectivity index (χ0n) is 16.5. The van der Waals surface area contributed by atoms with Gasteiger partial charge in [-0.15, -0.1) is 0 Å². The third-order valence-corrected chi connectivity index (χ3v) is 5.28. The molecule has 0 saturated heterocycles. The highest BCUT2D eigenvalue weighted by atomic mass is 16.2. The number of fused-ring (bicyclic) bond motifs is 1. The smallest absolute Gasteiger partial charge is 0.260 e. The number of hydrogen-bond donors (Lipinski definition) is 1. The number of benzene rings is 2. The van der Waals surface area contributed by atoms with E-state index in [1.165, 1.54) is 11.1 Å². The van der Waals surface area contributed by atoms with Gasteiger partial charge >= 0.3 is 0 Å². The highest BCUT2D eigenvalue weighted by Gasteiger charge is 2.31. The molecule has 1 atom stereocenters. The zero-order chi connectivity index (χ0) is 19.7. The molecule has 1 aliphatic heterocycles. The Labute approximate surface area is 166 Å². The van der Waals surface area contributed by atoms with Crippen LogP contribution >= 0.6 is 0 Å². The van der Waals surface area contributed by atoms with Crippen molar-refractivity contribution in [3.8, 4) is 0 Å². The minimum atomic E-state index is -0.0104. The fraction of sp³-hybridized carbons (Fsp3) is 0.250. The fourth-order valence-corrected chi connectivity index (χ4v) is 3.76. The second-order valence-electron chi connectivity index (χ2n) is 7.72. The Morgan fingerprint density at radius 2 is 1.82 bits per heavy atom. The fourth-order valence-electron chi connectivity index (χ4n) is 3.76. The van der Waals surface area contributed by atoms with Crippen LogP contribution in [0, 0.1) is 0 Å². The number of carbonyl (C=O) groups is 1. The van der Waals surface area contributed by atoms with E-state index in [0.717, 1.165) is 23.5 Å². The highest BCUT2D eigenvalue weighted by Crippen LogP contribution is 2.33. The van der Waals surface area contributed by atoms with Crippen LogP contribution in [-0.2, 0) is 6.42 Å². The predicted molar refractivity (Wildman–Crippen MR) is 114 cm³/mol. The number of nitrogens with one attached hydrogen (secondary N) is 1. The highest BCUT2D eigenvalue weighted by molar-refractivity contribution is 6.08. The number of carbonyl (C=O) groups excluding carboxylic acids is 1. The molecule has 0 fully saturated rings. The van der Waals surface area contributed by atoms with Gasteiger partial charge in [-0.25, -0.2) is 0 Å². The van der Waals surface area contributed by atoms with Gasteiger partial charge < -0.3 is 10.2 Å². The third-order valence-electron chi connectivity index (χ3n) is 5.28. The van der Waals surface area contributed by atoms with Gasteiger partial charge in [0.05, 0.1) is 17.4 Å². The Hall–Kier alpha value is -3.14. The van der Waals surface area contributed by atoms with E-state index < -0.39 is 0 Å². The van der Waals surface area contributed by atoms with Crippen molar-refractivity contribution in [2.45, 2.75) is 39.2 Å². The summed E-state index contributed by atoms with van der Waals surface area (Å²) in [5.41, 5.74) is 5.90. The van der Waals surface area contributed by atoms with Crippen LogP contribution in [0.25, 0.3) is 0 Å². The Morgan fingerprint density at radius 1 is 1.07 bits per heavy atom. The van der Waals surface area contributed by atoms with Crippen LogP contribution < -0.4 is 10.2 Å². The molecule has 0 radical (unpaired) electrons. The minimum Gasteiger partial charge on any atom is -0.354 e. The van der Waals surface area contributed by atoms with E-state index in [4.69, 9.17) is 0 Å². The van der Waals surface area contributed by atoms with Crippen molar-refractivity contribution in [2.75, 3.05) is 10.2 Å². The van der Waals surface area contributed by atoms with Gasteiger partial charge in [0.2, 0.25) is 0 Å². The van der Waals surface area contributed by atoms with Crippen LogP contribution in [0.5, 0.6) is 0 Å². The van der Waals surface area contributed by atoms with Crippen LogP contribution in [-0.4, -0.2) is 16.9 Å². The summed E-state index contributed by atoms with van der Waals surface area (Å²) in [5.74, 6) is 0.491. The molecule has 28 heavy (non-hydrogen) atoms. The summed E-state index contributed by atoms with van der Waals surface area (Å²) in [6, 6.07) is 18.5. The lowest BCUT2D eigenvalue weighted by molar-refractivity contribution is 0.0981. The normalized spacial score (nSPS) is 15.6. The van der Waals surface area contributed by atoms with Crippen molar-refractivity contribution >= 4 is 23.0 Å². The molecule has 1 aliphatic rings. The third kappa shape index (κ3) is 3.50. The molecule has 1 aromatic heterocycles. The average Bonchev–Trinajstić information content (AvgIpc) is 3.03. The number of amides is 1. The van der Waals surface area contributed by atoms with Crippen molar-refractivity contribution < 1.29 is 4.79 Å². The van der Waals surface area contributed by atoms with Crippen LogP contribution in [0.15, 0.2) is 67.0 Å². The van der Waals surface area contributed by atoms with Gasteiger partial charge in [0.15, 0.2) is 0 Å². The number of pyridine rings is 1. The summed E-state index contributed by atoms with van der Waals surface area (Å²) in [6.45, 7) is 6.45. The van der Waals surface area contributed by atoms with Gasteiger partial charge in [-0.2, -0.15) is 0 Å². The largest absolute Gasteiger partial charge is 0.354 e. The molecule has 0 bridgehead atoms. The van der Waals surface area contributed by atoms with Gasteiger partial charge in [0.25, 0.3) is 5.91 Å². The van der Waals surface area contributed by atoms with Gasteiger partial charge in [-0.05, 0) is 54.7 Å². The van der Waals surface area contributed by atoms with Crippen molar-refractivity contribution in [1.82, 2.24) is 4.98 Å². The van der Waals surface area contributed by atoms with Gasteiger partial charge in [-0.3, -0.25) is 9.78 Å². The maximum Gasteiger partial charge on any atom is 0.260 e. The summed E-state index contributed by atoms with van der Waals surface area (Å²) < 4.78 is 0. The molecule has 3 aromatic rings. The summed E-state index contributed by atoms with van der Waals surface area (Å²) in [7, 11) is 0. The lowest BCUT2D eigenvalue weighted by Crippen LogP contribution is -2.35. The second kappa shape index (κ2) is 7.47. The Balaban J connectivity index is 1.56. The van der Waals surface area contributed by atoms with Crippen LogP contribution in [0.3, 0.4) is 0 Å². The molecule has 0 saturated carbocycles. The number of rotatable bonds is 4. The van der Waals surface area contributed by atoms with Crippen LogP contribution in [0.2, 0.25) is 0 Å². The van der Waals surface area contributed by atoms with Crippen LogP contribution in [0.4, 0.5) is 17.1 Å². The molecule has 0 aliphatic carbocycles. The molecule has 0 spiro atoms. The second-order valence-corrected chi connectivity index (χ2v) is 7.72. The van der Waals surface area contributed by atoms with E-state index in [0.29, 0.717) is 11.5 Å². The predicted octanol–water partition coefficient (Wildman–Crippen LogP) is 5.54. The molecule has 4 heteroatoms. The lowest BCUT2D eigenvalue weighted by atomic mass is 10.0. The maximum absolute atomic E-state index is 13.2. The Bertz CT molecular complexity index is 995. The van der Waals surface area contributed by atoms with Crippen LogP contribution in [0.1, 0.15) is 48.2 Å². The molecular weight excluding hydrogens is 346 g/mol. The number of anilines is 3. The van der Waals surface area contributed by atoms with Crippen molar-refractivity contribution in [3.05, 3.63) is 83.7 Å². The summed E-state index contributed by atoms with van der Waals surface area (Å²) >= 11 is 0. The molecule has 1 amide bonds. The maximum atomic E-state index is 13.2. The monoisotopic (exact) mass is 371 g/mol. The van der Waals surface area contributed by atoms with Gasteiger partial charge in [-0.1, -0.05) is 44.2 Å². The molecule has 142 valence electrons. The minimum absolute atomic E-state index is 0.0104. The van der Waals surface area contributed by atoms with Crippen molar-refractivity contribution in [3.63, 3.8) is 0 Å². The first-order valence-corrected chi connectivity index (χ1v) is 9.76. The van der Waals surface area contributed by atoms with E-state index in [1.54, 1.807) is 12.4 Å². The summed E-state index contributed by atoms with van der Waals surface area (Å²) in [5, 5.41) is 3.35. The average molecular weight is 371 g/mol. The Kier molecular flexibility index (Phi) is 4.86. The molecule has 1 unspecified atom stereocenters. The van der Waals surface area contributed by atoms with E-state index in [-0.39, 0.29) is 11.9 Å². The summed E-state index contributed by atoms with van der Waals surface area (Å²) in [4.78, 5) is 19.4. The first-order valence-electron chi connectivity index (χ1n) is 9.76. The van der Waals surface area contributed by atoms with E-state index in [9.17, 15) is 4.79 Å². The topological polar surface area (TPSA) is 45.2 Å². The molecular formula is C24H25N3O. The zero-order valence-corrected chi connectivity index (χ0v) is 16.5. The van der Waals surface area contributed by atoms with Crippen molar-refractivity contribution in [1.29, 1.82) is 0 Å². The number of aromatic nitrogens is 1. The first-order chi connectivity index (χ1) is 13.5. The molecule has 2 aromatic carbocycles. The molecule has 4 rings (SSSR count). The SMILES string of the molecule is CC(C)c1ccc(Nc2cncc(C(=O)N3c4ccccc4CC3C)c2)cc1. The molecule has 4 nitrogen and oxygen atoms in total. The Morgan fingerprint density at radius 3 is 2.57 bits per heavy atom. The van der Waals surface area contributed by atoms with Gasteiger partial charge in [0.1, 0.15) is 0 Å². The molecule has 1 N–H and O–H groups in total. The first kappa shape index (κ1) is 18.2. The molecule has 2 heterocycles.